The number of halogens is 1. The van der Waals surface area contributed by atoms with E-state index >= 15 is 0 Å². The first kappa shape index (κ1) is 12.5. The van der Waals surface area contributed by atoms with Gasteiger partial charge in [-0.05, 0) is 69.1 Å². The maximum absolute atomic E-state index is 12.8. The van der Waals surface area contributed by atoms with Crippen LogP contribution >= 0.6 is 0 Å². The minimum absolute atomic E-state index is 0.177. The van der Waals surface area contributed by atoms with Crippen molar-refractivity contribution in [3.8, 4) is 0 Å². The van der Waals surface area contributed by atoms with E-state index in [0.717, 1.165) is 18.5 Å². The molecule has 3 heteroatoms. The van der Waals surface area contributed by atoms with Gasteiger partial charge >= 0.3 is 0 Å². The van der Waals surface area contributed by atoms with Crippen molar-refractivity contribution in [2.45, 2.75) is 25.2 Å². The minimum Gasteiger partial charge on any atom is -0.330 e. The molecule has 0 bridgehead atoms. The van der Waals surface area contributed by atoms with Gasteiger partial charge in [-0.3, -0.25) is 0 Å². The third-order valence-electron chi connectivity index (χ3n) is 3.62. The van der Waals surface area contributed by atoms with Crippen molar-refractivity contribution in [1.29, 1.82) is 0 Å². The topological polar surface area (TPSA) is 29.3 Å². The predicted octanol–water partition coefficient (Wildman–Crippen LogP) is 2.35. The molecule has 1 atom stereocenters. The molecule has 94 valence electrons. The quantitative estimate of drug-likeness (QED) is 0.850. The maximum atomic E-state index is 12.8. The van der Waals surface area contributed by atoms with E-state index in [-0.39, 0.29) is 5.82 Å². The third-order valence-corrected chi connectivity index (χ3v) is 3.62. The van der Waals surface area contributed by atoms with Gasteiger partial charge in [0, 0.05) is 0 Å². The molecule has 1 aliphatic heterocycles. The molecule has 1 aromatic carbocycles. The lowest BCUT2D eigenvalue weighted by Gasteiger charge is -2.20. The summed E-state index contributed by atoms with van der Waals surface area (Å²) < 4.78 is 12.8. The Balaban J connectivity index is 1.89. The molecule has 2 rings (SSSR count). The zero-order chi connectivity index (χ0) is 12.1. The first-order valence-corrected chi connectivity index (χ1v) is 6.47. The molecule has 0 aromatic heterocycles. The highest BCUT2D eigenvalue weighted by atomic mass is 19.1. The molecular weight excluding hydrogens is 215 g/mol. The molecule has 1 aromatic rings. The van der Waals surface area contributed by atoms with Crippen molar-refractivity contribution >= 4 is 0 Å². The van der Waals surface area contributed by atoms with Crippen LogP contribution in [0, 0.1) is 5.82 Å². The van der Waals surface area contributed by atoms with Crippen LogP contribution in [0.4, 0.5) is 4.39 Å². The Morgan fingerprint density at radius 1 is 1.18 bits per heavy atom. The monoisotopic (exact) mass is 236 g/mol. The minimum atomic E-state index is -0.177. The summed E-state index contributed by atoms with van der Waals surface area (Å²) in [6, 6.07) is 6.76. The molecule has 1 unspecified atom stereocenters. The van der Waals surface area contributed by atoms with Gasteiger partial charge in [-0.15, -0.1) is 0 Å². The van der Waals surface area contributed by atoms with Gasteiger partial charge < -0.3 is 10.6 Å². The van der Waals surface area contributed by atoms with Crippen LogP contribution in [0.1, 0.15) is 30.7 Å². The van der Waals surface area contributed by atoms with Crippen LogP contribution in [0.2, 0.25) is 0 Å². The number of hydrogen-bond donors (Lipinski definition) is 1. The Kier molecular flexibility index (Phi) is 4.51. The van der Waals surface area contributed by atoms with Crippen molar-refractivity contribution in [3.63, 3.8) is 0 Å². The van der Waals surface area contributed by atoms with Crippen molar-refractivity contribution in [2.75, 3.05) is 26.2 Å². The summed E-state index contributed by atoms with van der Waals surface area (Å²) in [4.78, 5) is 2.49. The molecule has 1 saturated heterocycles. The summed E-state index contributed by atoms with van der Waals surface area (Å²) in [7, 11) is 0. The van der Waals surface area contributed by atoms with Crippen molar-refractivity contribution in [3.05, 3.63) is 35.6 Å². The normalized spacial score (nSPS) is 18.5. The molecule has 0 aliphatic carbocycles. The number of likely N-dealkylation sites (tertiary alicyclic amines) is 1. The average molecular weight is 236 g/mol. The largest absolute Gasteiger partial charge is 0.330 e. The van der Waals surface area contributed by atoms with E-state index in [1.54, 1.807) is 0 Å². The summed E-state index contributed by atoms with van der Waals surface area (Å²) in [6.07, 6.45) is 3.72. The molecule has 0 saturated carbocycles. The van der Waals surface area contributed by atoms with E-state index in [1.165, 1.54) is 38.1 Å². The lowest BCUT2D eigenvalue weighted by molar-refractivity contribution is 0.322. The smallest absolute Gasteiger partial charge is 0.123 e. The number of nitrogens with two attached hydrogens (primary N) is 1. The second kappa shape index (κ2) is 6.12. The van der Waals surface area contributed by atoms with Gasteiger partial charge in [-0.25, -0.2) is 4.39 Å². The predicted molar refractivity (Wildman–Crippen MR) is 68.5 cm³/mol. The maximum Gasteiger partial charge on any atom is 0.123 e. The summed E-state index contributed by atoms with van der Waals surface area (Å²) in [5.74, 6) is 0.181. The van der Waals surface area contributed by atoms with Crippen LogP contribution in [0.25, 0.3) is 0 Å². The summed E-state index contributed by atoms with van der Waals surface area (Å²) in [6.45, 7) is 4.19. The number of nitrogens with zero attached hydrogens (tertiary/aromatic N) is 1. The molecule has 0 amide bonds. The Bertz CT molecular complexity index is 331. The van der Waals surface area contributed by atoms with E-state index < -0.39 is 0 Å². The van der Waals surface area contributed by atoms with E-state index in [2.05, 4.69) is 4.90 Å². The summed E-state index contributed by atoms with van der Waals surface area (Å²) in [5.41, 5.74) is 6.98. The molecule has 17 heavy (non-hydrogen) atoms. The lowest BCUT2D eigenvalue weighted by Crippen LogP contribution is -2.24. The van der Waals surface area contributed by atoms with E-state index in [0.29, 0.717) is 12.5 Å². The second-order valence-corrected chi connectivity index (χ2v) is 4.82. The highest BCUT2D eigenvalue weighted by Gasteiger charge is 2.15. The fourth-order valence-electron chi connectivity index (χ4n) is 2.50. The molecule has 2 nitrogen and oxygen atoms in total. The number of benzene rings is 1. The summed E-state index contributed by atoms with van der Waals surface area (Å²) >= 11 is 0. The fraction of sp³-hybridized carbons (Fsp3) is 0.571. The Morgan fingerprint density at radius 2 is 1.82 bits per heavy atom. The van der Waals surface area contributed by atoms with E-state index in [9.17, 15) is 4.39 Å². The zero-order valence-corrected chi connectivity index (χ0v) is 10.2. The summed E-state index contributed by atoms with van der Waals surface area (Å²) in [5, 5.41) is 0. The Morgan fingerprint density at radius 3 is 2.41 bits per heavy atom. The average Bonchev–Trinajstić information content (AvgIpc) is 2.85. The van der Waals surface area contributed by atoms with Crippen LogP contribution in [-0.2, 0) is 0 Å². The standard InChI is InChI=1S/C14H21FN2/c15-14-5-3-12(4-6-14)13(11-16)7-10-17-8-1-2-9-17/h3-6,13H,1-2,7-11,16H2. The van der Waals surface area contributed by atoms with Gasteiger partial charge in [0.2, 0.25) is 0 Å². The second-order valence-electron chi connectivity index (χ2n) is 4.82. The zero-order valence-electron chi connectivity index (χ0n) is 10.2. The van der Waals surface area contributed by atoms with Gasteiger partial charge in [0.15, 0.2) is 0 Å². The van der Waals surface area contributed by atoms with E-state index in [4.69, 9.17) is 5.73 Å². The van der Waals surface area contributed by atoms with Crippen molar-refractivity contribution in [1.82, 2.24) is 4.90 Å². The molecule has 0 spiro atoms. The SMILES string of the molecule is NCC(CCN1CCCC1)c1ccc(F)cc1. The number of rotatable bonds is 5. The molecular formula is C14H21FN2. The van der Waals surface area contributed by atoms with Gasteiger partial charge in [0.05, 0.1) is 0 Å². The lowest BCUT2D eigenvalue weighted by atomic mass is 9.95. The molecule has 0 radical (unpaired) electrons. The van der Waals surface area contributed by atoms with E-state index in [1.807, 2.05) is 12.1 Å². The van der Waals surface area contributed by atoms with Crippen LogP contribution in [0.3, 0.4) is 0 Å². The first-order valence-electron chi connectivity index (χ1n) is 6.47. The van der Waals surface area contributed by atoms with Gasteiger partial charge in [-0.1, -0.05) is 12.1 Å². The van der Waals surface area contributed by atoms with Crippen molar-refractivity contribution in [2.24, 2.45) is 5.73 Å². The molecule has 1 heterocycles. The van der Waals surface area contributed by atoms with Crippen LogP contribution in [-0.4, -0.2) is 31.1 Å². The molecule has 2 N–H and O–H groups in total. The molecule has 1 fully saturated rings. The Hall–Kier alpha value is -0.930. The first-order chi connectivity index (χ1) is 8.29. The van der Waals surface area contributed by atoms with Crippen LogP contribution in [0.15, 0.2) is 24.3 Å². The van der Waals surface area contributed by atoms with Gasteiger partial charge in [0.1, 0.15) is 5.82 Å². The molecule has 1 aliphatic rings. The Labute approximate surface area is 103 Å². The van der Waals surface area contributed by atoms with Gasteiger partial charge in [0.25, 0.3) is 0 Å². The van der Waals surface area contributed by atoms with Crippen molar-refractivity contribution < 1.29 is 4.39 Å². The highest BCUT2D eigenvalue weighted by Crippen LogP contribution is 2.20. The highest BCUT2D eigenvalue weighted by molar-refractivity contribution is 5.20. The van der Waals surface area contributed by atoms with Crippen LogP contribution < -0.4 is 5.73 Å². The third kappa shape index (κ3) is 3.51. The van der Waals surface area contributed by atoms with Crippen LogP contribution in [0.5, 0.6) is 0 Å². The number of hydrogen-bond acceptors (Lipinski definition) is 2. The fourth-order valence-corrected chi connectivity index (χ4v) is 2.50. The van der Waals surface area contributed by atoms with Gasteiger partial charge in [-0.2, -0.15) is 0 Å².